The van der Waals surface area contributed by atoms with Crippen molar-refractivity contribution in [1.82, 2.24) is 10.6 Å². The summed E-state index contributed by atoms with van der Waals surface area (Å²) in [5, 5.41) is 6.02. The summed E-state index contributed by atoms with van der Waals surface area (Å²) in [6, 6.07) is 0. The molecule has 1 aliphatic carbocycles. The molecule has 0 spiro atoms. The number of likely N-dealkylation sites (N-methyl/N-ethyl adjacent to an activating group) is 1. The minimum absolute atomic E-state index is 0.124. The van der Waals surface area contributed by atoms with Gasteiger partial charge in [-0.25, -0.2) is 0 Å². The van der Waals surface area contributed by atoms with Gasteiger partial charge in [-0.1, -0.05) is 20.8 Å². The lowest BCUT2D eigenvalue weighted by atomic mass is 9.92. The summed E-state index contributed by atoms with van der Waals surface area (Å²) in [5.41, 5.74) is 0.419. The van der Waals surface area contributed by atoms with E-state index in [1.807, 2.05) is 6.92 Å². The number of nitrogens with one attached hydrogen (secondary N) is 2. The Kier molecular flexibility index (Phi) is 3.93. The van der Waals surface area contributed by atoms with E-state index >= 15 is 0 Å². The highest BCUT2D eigenvalue weighted by molar-refractivity contribution is 5.78. The topological polar surface area (TPSA) is 41.1 Å². The summed E-state index contributed by atoms with van der Waals surface area (Å²) in [4.78, 5) is 11.3. The van der Waals surface area contributed by atoms with E-state index in [0.717, 1.165) is 13.1 Å². The number of amides is 1. The van der Waals surface area contributed by atoms with E-state index in [-0.39, 0.29) is 5.91 Å². The lowest BCUT2D eigenvalue weighted by Crippen LogP contribution is -2.38. The first kappa shape index (κ1) is 11.5. The van der Waals surface area contributed by atoms with Gasteiger partial charge >= 0.3 is 0 Å². The second-order valence-electron chi connectivity index (χ2n) is 4.57. The second-order valence-corrected chi connectivity index (χ2v) is 4.57. The average molecular weight is 198 g/mol. The minimum Gasteiger partial charge on any atom is -0.354 e. The lowest BCUT2D eigenvalue weighted by molar-refractivity contribution is -0.120. The summed E-state index contributed by atoms with van der Waals surface area (Å²) in [5.74, 6) is 0.806. The van der Waals surface area contributed by atoms with Gasteiger partial charge in [0.05, 0.1) is 6.54 Å². The van der Waals surface area contributed by atoms with Crippen molar-refractivity contribution in [2.75, 3.05) is 19.6 Å². The van der Waals surface area contributed by atoms with Crippen LogP contribution in [-0.4, -0.2) is 25.5 Å². The highest BCUT2D eigenvalue weighted by Gasteiger charge is 2.45. The molecule has 0 aromatic carbocycles. The highest BCUT2D eigenvalue weighted by Crippen LogP contribution is 2.51. The molecule has 1 saturated carbocycles. The number of carbonyl (C=O) groups excluding carboxylic acids is 1. The third kappa shape index (κ3) is 2.98. The third-order valence-electron chi connectivity index (χ3n) is 3.29. The second kappa shape index (κ2) is 4.78. The molecule has 3 nitrogen and oxygen atoms in total. The number of hydrogen-bond donors (Lipinski definition) is 2. The molecule has 1 rings (SSSR count). The van der Waals surface area contributed by atoms with Crippen LogP contribution in [0, 0.1) is 11.3 Å². The predicted octanol–water partition coefficient (Wildman–Crippen LogP) is 1.15. The Morgan fingerprint density at radius 3 is 2.50 bits per heavy atom. The Labute approximate surface area is 86.6 Å². The molecule has 1 aliphatic rings. The maximum absolute atomic E-state index is 11.3. The van der Waals surface area contributed by atoms with E-state index in [1.54, 1.807) is 0 Å². The molecule has 0 bridgehead atoms. The molecule has 0 radical (unpaired) electrons. The van der Waals surface area contributed by atoms with Crippen LogP contribution >= 0.6 is 0 Å². The van der Waals surface area contributed by atoms with Crippen molar-refractivity contribution >= 4 is 5.91 Å². The molecule has 0 unspecified atom stereocenters. The van der Waals surface area contributed by atoms with Crippen LogP contribution < -0.4 is 10.6 Å². The van der Waals surface area contributed by atoms with Gasteiger partial charge in [0.15, 0.2) is 0 Å². The maximum Gasteiger partial charge on any atom is 0.233 e. The van der Waals surface area contributed by atoms with Crippen LogP contribution in [0.25, 0.3) is 0 Å². The third-order valence-corrected chi connectivity index (χ3v) is 3.29. The van der Waals surface area contributed by atoms with E-state index < -0.39 is 0 Å². The van der Waals surface area contributed by atoms with Crippen LogP contribution in [0.5, 0.6) is 0 Å². The van der Waals surface area contributed by atoms with Gasteiger partial charge < -0.3 is 10.6 Å². The van der Waals surface area contributed by atoms with Gasteiger partial charge in [0.2, 0.25) is 5.91 Å². The molecular formula is C11H22N2O. The normalized spacial score (nSPS) is 18.3. The molecule has 1 amide bonds. The number of rotatable bonds is 6. The molecule has 1 fully saturated rings. The summed E-state index contributed by atoms with van der Waals surface area (Å²) in [6.07, 6.45) is 2.54. The van der Waals surface area contributed by atoms with Crippen molar-refractivity contribution in [2.45, 2.75) is 33.6 Å². The first-order valence-electron chi connectivity index (χ1n) is 5.58. The Bertz CT molecular complexity index is 197. The summed E-state index contributed by atoms with van der Waals surface area (Å²) in [7, 11) is 0. The van der Waals surface area contributed by atoms with Crippen molar-refractivity contribution in [3.05, 3.63) is 0 Å². The summed E-state index contributed by atoms with van der Waals surface area (Å²) in [6.45, 7) is 8.64. The fourth-order valence-corrected chi connectivity index (χ4v) is 1.69. The quantitative estimate of drug-likeness (QED) is 0.672. The molecule has 3 heteroatoms. The first-order valence-corrected chi connectivity index (χ1v) is 5.58. The summed E-state index contributed by atoms with van der Waals surface area (Å²) < 4.78 is 0. The van der Waals surface area contributed by atoms with Crippen molar-refractivity contribution in [2.24, 2.45) is 11.3 Å². The number of carbonyl (C=O) groups is 1. The van der Waals surface area contributed by atoms with Crippen molar-refractivity contribution in [3.8, 4) is 0 Å². The molecule has 0 saturated heterocycles. The van der Waals surface area contributed by atoms with Gasteiger partial charge in [0.1, 0.15) is 0 Å². The zero-order chi connectivity index (χ0) is 10.6. The smallest absolute Gasteiger partial charge is 0.233 e. The van der Waals surface area contributed by atoms with Crippen LogP contribution in [0.3, 0.4) is 0 Å². The van der Waals surface area contributed by atoms with E-state index in [2.05, 4.69) is 24.5 Å². The lowest BCUT2D eigenvalue weighted by Gasteiger charge is -2.19. The average Bonchev–Trinajstić information content (AvgIpc) is 2.92. The zero-order valence-corrected chi connectivity index (χ0v) is 9.52. The summed E-state index contributed by atoms with van der Waals surface area (Å²) >= 11 is 0. The Balaban J connectivity index is 2.17. The van der Waals surface area contributed by atoms with Crippen LogP contribution in [0.4, 0.5) is 0 Å². The molecule has 0 aliphatic heterocycles. The van der Waals surface area contributed by atoms with E-state index in [9.17, 15) is 4.79 Å². The maximum atomic E-state index is 11.3. The fraction of sp³-hybridized carbons (Fsp3) is 0.909. The highest BCUT2D eigenvalue weighted by atomic mass is 16.1. The van der Waals surface area contributed by atoms with Crippen LogP contribution in [0.1, 0.15) is 33.6 Å². The van der Waals surface area contributed by atoms with Crippen molar-refractivity contribution in [3.63, 3.8) is 0 Å². The van der Waals surface area contributed by atoms with Crippen molar-refractivity contribution in [1.29, 1.82) is 0 Å². The van der Waals surface area contributed by atoms with E-state index in [0.29, 0.717) is 17.9 Å². The Hall–Kier alpha value is -0.570. The van der Waals surface area contributed by atoms with Crippen LogP contribution in [0.15, 0.2) is 0 Å². The molecular weight excluding hydrogens is 176 g/mol. The number of hydrogen-bond acceptors (Lipinski definition) is 2. The van der Waals surface area contributed by atoms with Gasteiger partial charge in [-0.15, -0.1) is 0 Å². The molecule has 0 aromatic heterocycles. The van der Waals surface area contributed by atoms with Gasteiger partial charge in [-0.05, 0) is 30.7 Å². The van der Waals surface area contributed by atoms with E-state index in [4.69, 9.17) is 0 Å². The first-order chi connectivity index (χ1) is 6.60. The molecule has 2 N–H and O–H groups in total. The molecule has 0 heterocycles. The van der Waals surface area contributed by atoms with E-state index in [1.165, 1.54) is 12.8 Å². The Morgan fingerprint density at radius 1 is 1.43 bits per heavy atom. The molecule has 14 heavy (non-hydrogen) atoms. The van der Waals surface area contributed by atoms with Gasteiger partial charge in [-0.2, -0.15) is 0 Å². The molecule has 82 valence electrons. The zero-order valence-electron chi connectivity index (χ0n) is 9.52. The Morgan fingerprint density at radius 2 is 2.07 bits per heavy atom. The standard InChI is InChI=1S/C11H22N2O/c1-4-12-7-10(14)13-8-11(5-6-11)9(2)3/h9,12H,4-8H2,1-3H3,(H,13,14). The fourth-order valence-electron chi connectivity index (χ4n) is 1.69. The monoisotopic (exact) mass is 198 g/mol. The minimum atomic E-state index is 0.124. The largest absolute Gasteiger partial charge is 0.354 e. The van der Waals surface area contributed by atoms with Gasteiger partial charge in [-0.3, -0.25) is 4.79 Å². The van der Waals surface area contributed by atoms with Crippen LogP contribution in [0.2, 0.25) is 0 Å². The SMILES string of the molecule is CCNCC(=O)NCC1(C(C)C)CC1. The molecule has 0 atom stereocenters. The van der Waals surface area contributed by atoms with Gasteiger partial charge in [0, 0.05) is 6.54 Å². The molecule has 0 aromatic rings. The van der Waals surface area contributed by atoms with Crippen LogP contribution in [-0.2, 0) is 4.79 Å². The van der Waals surface area contributed by atoms with Gasteiger partial charge in [0.25, 0.3) is 0 Å². The predicted molar refractivity (Wildman–Crippen MR) is 58.1 cm³/mol. The van der Waals surface area contributed by atoms with Crippen molar-refractivity contribution < 1.29 is 4.79 Å².